The number of carbonyl (C=O) groups excluding carboxylic acids is 2. The standard InChI is InChI=1S/C22H19F2N3O3S/c1-13-3-5-14(6-4-13)18-25-16(12-31-18)11-27-19(28)22(2,26-21(27)29)15-7-9-17(10-8-15)30-20(23)24/h3-10,12,20H,11H2,1-2H3,(H,26,29). The number of benzene rings is 2. The Morgan fingerprint density at radius 1 is 1.13 bits per heavy atom. The molecule has 1 N–H and O–H groups in total. The average Bonchev–Trinajstić information content (AvgIpc) is 3.28. The predicted octanol–water partition coefficient (Wildman–Crippen LogP) is 4.69. The van der Waals surface area contributed by atoms with Crippen LogP contribution in [0.5, 0.6) is 5.75 Å². The second kappa shape index (κ2) is 8.07. The first-order valence-corrected chi connectivity index (χ1v) is 10.3. The molecule has 1 unspecified atom stereocenters. The molecule has 0 aliphatic carbocycles. The van der Waals surface area contributed by atoms with E-state index in [4.69, 9.17) is 0 Å². The highest BCUT2D eigenvalue weighted by molar-refractivity contribution is 7.13. The summed E-state index contributed by atoms with van der Waals surface area (Å²) >= 11 is 1.44. The number of amides is 3. The van der Waals surface area contributed by atoms with Crippen molar-refractivity contribution in [3.63, 3.8) is 0 Å². The van der Waals surface area contributed by atoms with Crippen LogP contribution in [0.15, 0.2) is 53.9 Å². The number of hydrogen-bond donors (Lipinski definition) is 1. The van der Waals surface area contributed by atoms with Gasteiger partial charge in [-0.1, -0.05) is 42.0 Å². The molecule has 31 heavy (non-hydrogen) atoms. The van der Waals surface area contributed by atoms with E-state index in [1.54, 1.807) is 6.92 Å². The fourth-order valence-corrected chi connectivity index (χ4v) is 4.19. The van der Waals surface area contributed by atoms with Gasteiger partial charge in [-0.25, -0.2) is 9.78 Å². The Balaban J connectivity index is 1.51. The Kier molecular flexibility index (Phi) is 5.45. The van der Waals surface area contributed by atoms with Gasteiger partial charge in [-0.05, 0) is 31.5 Å². The van der Waals surface area contributed by atoms with Crippen LogP contribution in [0.3, 0.4) is 0 Å². The van der Waals surface area contributed by atoms with Gasteiger partial charge in [-0.15, -0.1) is 11.3 Å². The van der Waals surface area contributed by atoms with Crippen LogP contribution in [0.1, 0.15) is 23.7 Å². The van der Waals surface area contributed by atoms with Crippen LogP contribution in [0.4, 0.5) is 13.6 Å². The molecule has 6 nitrogen and oxygen atoms in total. The van der Waals surface area contributed by atoms with Crippen LogP contribution in [-0.2, 0) is 16.9 Å². The van der Waals surface area contributed by atoms with Crippen LogP contribution < -0.4 is 10.1 Å². The minimum atomic E-state index is -2.94. The number of nitrogens with zero attached hydrogens (tertiary/aromatic N) is 2. The van der Waals surface area contributed by atoms with Crippen molar-refractivity contribution in [3.8, 4) is 16.3 Å². The molecular weight excluding hydrogens is 424 g/mol. The summed E-state index contributed by atoms with van der Waals surface area (Å²) in [6, 6.07) is 13.1. The zero-order chi connectivity index (χ0) is 22.2. The number of aryl methyl sites for hydroxylation is 1. The van der Waals surface area contributed by atoms with Crippen LogP contribution in [0, 0.1) is 6.92 Å². The van der Waals surface area contributed by atoms with Gasteiger partial charge in [0.05, 0.1) is 12.2 Å². The molecular formula is C22H19F2N3O3S. The number of rotatable bonds is 6. The lowest BCUT2D eigenvalue weighted by atomic mass is 9.92. The maximum atomic E-state index is 13.1. The third kappa shape index (κ3) is 4.13. The average molecular weight is 443 g/mol. The third-order valence-corrected chi connectivity index (χ3v) is 6.04. The van der Waals surface area contributed by atoms with Crippen LogP contribution in [0.2, 0.25) is 0 Å². The number of carbonyl (C=O) groups is 2. The van der Waals surface area contributed by atoms with E-state index in [0.29, 0.717) is 11.3 Å². The number of ether oxygens (including phenoxy) is 1. The topological polar surface area (TPSA) is 71.5 Å². The summed E-state index contributed by atoms with van der Waals surface area (Å²) in [5.41, 5.74) is 1.88. The van der Waals surface area contributed by atoms with Crippen molar-refractivity contribution < 1.29 is 23.1 Å². The molecule has 1 aliphatic rings. The summed E-state index contributed by atoms with van der Waals surface area (Å²) in [5.74, 6) is -0.466. The Morgan fingerprint density at radius 3 is 2.45 bits per heavy atom. The molecule has 0 bridgehead atoms. The minimum Gasteiger partial charge on any atom is -0.435 e. The van der Waals surface area contributed by atoms with Crippen molar-refractivity contribution in [2.45, 2.75) is 32.5 Å². The number of imide groups is 1. The summed E-state index contributed by atoms with van der Waals surface area (Å²) in [7, 11) is 0. The van der Waals surface area contributed by atoms with E-state index in [9.17, 15) is 18.4 Å². The Bertz CT molecular complexity index is 1120. The van der Waals surface area contributed by atoms with Crippen LogP contribution >= 0.6 is 11.3 Å². The van der Waals surface area contributed by atoms with Crippen molar-refractivity contribution in [2.75, 3.05) is 0 Å². The van der Waals surface area contributed by atoms with Crippen molar-refractivity contribution >= 4 is 23.3 Å². The van der Waals surface area contributed by atoms with Gasteiger partial charge >= 0.3 is 12.6 Å². The smallest absolute Gasteiger partial charge is 0.387 e. The second-order valence-corrected chi connectivity index (χ2v) is 8.22. The third-order valence-electron chi connectivity index (χ3n) is 5.10. The SMILES string of the molecule is Cc1ccc(-c2nc(CN3C(=O)NC(C)(c4ccc(OC(F)F)cc4)C3=O)cs2)cc1. The summed E-state index contributed by atoms with van der Waals surface area (Å²) in [4.78, 5) is 31.3. The van der Waals surface area contributed by atoms with Gasteiger partial charge in [0.15, 0.2) is 0 Å². The van der Waals surface area contributed by atoms with E-state index in [2.05, 4.69) is 15.0 Å². The lowest BCUT2D eigenvalue weighted by Gasteiger charge is -2.22. The molecule has 1 aromatic heterocycles. The highest BCUT2D eigenvalue weighted by Gasteiger charge is 2.49. The number of aromatic nitrogens is 1. The molecule has 3 aromatic rings. The zero-order valence-corrected chi connectivity index (χ0v) is 17.6. The quantitative estimate of drug-likeness (QED) is 0.561. The first kappa shape index (κ1) is 20.9. The van der Waals surface area contributed by atoms with Gasteiger partial charge in [-0.2, -0.15) is 8.78 Å². The summed E-state index contributed by atoms with van der Waals surface area (Å²) in [6.07, 6.45) is 0. The maximum Gasteiger partial charge on any atom is 0.387 e. The predicted molar refractivity (Wildman–Crippen MR) is 112 cm³/mol. The first-order chi connectivity index (χ1) is 14.8. The maximum absolute atomic E-state index is 13.1. The molecule has 1 atom stereocenters. The zero-order valence-electron chi connectivity index (χ0n) is 16.8. The molecule has 160 valence electrons. The Hall–Kier alpha value is -3.33. The first-order valence-electron chi connectivity index (χ1n) is 9.47. The van der Waals surface area contributed by atoms with Gasteiger partial charge < -0.3 is 10.1 Å². The van der Waals surface area contributed by atoms with E-state index in [1.165, 1.54) is 35.6 Å². The van der Waals surface area contributed by atoms with Crippen molar-refractivity contribution in [3.05, 3.63) is 70.7 Å². The van der Waals surface area contributed by atoms with Gasteiger partial charge in [0, 0.05) is 10.9 Å². The molecule has 1 saturated heterocycles. The molecule has 4 rings (SSSR count). The number of nitrogens with one attached hydrogen (secondary N) is 1. The summed E-state index contributed by atoms with van der Waals surface area (Å²) in [5, 5.41) is 5.32. The van der Waals surface area contributed by atoms with Gasteiger partial charge in [-0.3, -0.25) is 9.69 Å². The van der Waals surface area contributed by atoms with Gasteiger partial charge in [0.2, 0.25) is 0 Å². The fraction of sp³-hybridized carbons (Fsp3) is 0.227. The van der Waals surface area contributed by atoms with E-state index in [1.807, 2.05) is 36.6 Å². The van der Waals surface area contributed by atoms with Gasteiger partial charge in [0.25, 0.3) is 5.91 Å². The van der Waals surface area contributed by atoms with Crippen molar-refractivity contribution in [1.29, 1.82) is 0 Å². The highest BCUT2D eigenvalue weighted by atomic mass is 32.1. The van der Waals surface area contributed by atoms with Crippen molar-refractivity contribution in [1.82, 2.24) is 15.2 Å². The van der Waals surface area contributed by atoms with Crippen molar-refractivity contribution in [2.24, 2.45) is 0 Å². The largest absolute Gasteiger partial charge is 0.435 e. The van der Waals surface area contributed by atoms with E-state index in [0.717, 1.165) is 21.0 Å². The fourth-order valence-electron chi connectivity index (χ4n) is 3.38. The molecule has 2 aromatic carbocycles. The molecule has 2 heterocycles. The van der Waals surface area contributed by atoms with E-state index >= 15 is 0 Å². The number of thiazole rings is 1. The number of halogens is 2. The van der Waals surface area contributed by atoms with Crippen LogP contribution in [0.25, 0.3) is 10.6 Å². The molecule has 9 heteroatoms. The minimum absolute atomic E-state index is 0.0258. The number of urea groups is 1. The van der Waals surface area contributed by atoms with Crippen LogP contribution in [-0.4, -0.2) is 28.4 Å². The van der Waals surface area contributed by atoms with E-state index < -0.39 is 24.1 Å². The Morgan fingerprint density at radius 2 is 1.81 bits per heavy atom. The van der Waals surface area contributed by atoms with E-state index in [-0.39, 0.29) is 12.3 Å². The number of hydrogen-bond acceptors (Lipinski definition) is 5. The monoisotopic (exact) mass is 443 g/mol. The lowest BCUT2D eigenvalue weighted by Crippen LogP contribution is -2.40. The normalized spacial score (nSPS) is 18.5. The molecule has 0 radical (unpaired) electrons. The summed E-state index contributed by atoms with van der Waals surface area (Å²) < 4.78 is 29.0. The molecule has 3 amide bonds. The lowest BCUT2D eigenvalue weighted by molar-refractivity contribution is -0.131. The Labute approximate surface area is 181 Å². The number of alkyl halides is 2. The molecule has 1 fully saturated rings. The molecule has 1 aliphatic heterocycles. The van der Waals surface area contributed by atoms with Gasteiger partial charge in [0.1, 0.15) is 16.3 Å². The summed E-state index contributed by atoms with van der Waals surface area (Å²) in [6.45, 7) is 0.683. The highest BCUT2D eigenvalue weighted by Crippen LogP contribution is 2.32. The molecule has 0 spiro atoms. The molecule has 0 saturated carbocycles. The second-order valence-electron chi connectivity index (χ2n) is 7.36.